The average Bonchev–Trinajstić information content (AvgIpc) is 3.48. The SMILES string of the molecule is COc1ccc(S(=O)(=O)N(CC(=O)N(Cc2ccc(Cl)cc2)[C@@H](C)C(=O)NC2CCCC2)c2ccc(C)cc2)cc1Br. The molecular formula is C31H35BrClN3O5S. The van der Waals surface area contributed by atoms with Crippen LogP contribution in [0.15, 0.2) is 76.1 Å². The molecule has 0 unspecified atom stereocenters. The number of nitrogens with one attached hydrogen (secondary N) is 1. The second-order valence-corrected chi connectivity index (χ2v) is 13.6. The Hall–Kier alpha value is -3.08. The number of hydrogen-bond donors (Lipinski definition) is 1. The number of anilines is 1. The van der Waals surface area contributed by atoms with Crippen molar-refractivity contribution in [3.05, 3.63) is 87.4 Å². The van der Waals surface area contributed by atoms with Crippen LogP contribution in [0.3, 0.4) is 0 Å². The van der Waals surface area contributed by atoms with Crippen LogP contribution in [0.5, 0.6) is 5.75 Å². The Morgan fingerprint density at radius 1 is 1.05 bits per heavy atom. The lowest BCUT2D eigenvalue weighted by Crippen LogP contribution is -2.52. The molecule has 3 aromatic carbocycles. The predicted octanol–water partition coefficient (Wildman–Crippen LogP) is 6.09. The number of rotatable bonds is 11. The van der Waals surface area contributed by atoms with E-state index in [9.17, 15) is 18.0 Å². The molecule has 1 aliphatic rings. The largest absolute Gasteiger partial charge is 0.496 e. The molecule has 0 radical (unpaired) electrons. The Bertz CT molecular complexity index is 1510. The lowest BCUT2D eigenvalue weighted by Gasteiger charge is -2.32. The van der Waals surface area contributed by atoms with Gasteiger partial charge >= 0.3 is 0 Å². The lowest BCUT2D eigenvalue weighted by molar-refractivity contribution is -0.139. The monoisotopic (exact) mass is 675 g/mol. The molecule has 42 heavy (non-hydrogen) atoms. The van der Waals surface area contributed by atoms with Crippen molar-refractivity contribution in [2.24, 2.45) is 0 Å². The number of ether oxygens (including phenoxy) is 1. The molecule has 0 aromatic heterocycles. The zero-order chi connectivity index (χ0) is 30.4. The van der Waals surface area contributed by atoms with Crippen LogP contribution in [0.2, 0.25) is 5.02 Å². The van der Waals surface area contributed by atoms with Gasteiger partial charge in [0.25, 0.3) is 10.0 Å². The van der Waals surface area contributed by atoms with E-state index < -0.39 is 28.5 Å². The van der Waals surface area contributed by atoms with Gasteiger partial charge in [0.15, 0.2) is 0 Å². The fraction of sp³-hybridized carbons (Fsp3) is 0.355. The van der Waals surface area contributed by atoms with Gasteiger partial charge in [-0.05, 0) is 90.6 Å². The minimum atomic E-state index is -4.20. The van der Waals surface area contributed by atoms with Crippen LogP contribution in [0.25, 0.3) is 0 Å². The summed E-state index contributed by atoms with van der Waals surface area (Å²) in [5, 5.41) is 3.62. The highest BCUT2D eigenvalue weighted by Gasteiger charge is 2.33. The molecule has 11 heteroatoms. The number of carbonyl (C=O) groups excluding carboxylic acids is 2. The van der Waals surface area contributed by atoms with Gasteiger partial charge in [-0.1, -0.05) is 54.3 Å². The van der Waals surface area contributed by atoms with Gasteiger partial charge in [0, 0.05) is 17.6 Å². The van der Waals surface area contributed by atoms with Gasteiger partial charge in [-0.3, -0.25) is 13.9 Å². The maximum Gasteiger partial charge on any atom is 0.264 e. The van der Waals surface area contributed by atoms with Crippen molar-refractivity contribution in [3.8, 4) is 5.75 Å². The molecule has 4 rings (SSSR count). The van der Waals surface area contributed by atoms with Crippen molar-refractivity contribution in [1.29, 1.82) is 0 Å². The van der Waals surface area contributed by atoms with Crippen molar-refractivity contribution >= 4 is 55.1 Å². The summed E-state index contributed by atoms with van der Waals surface area (Å²) in [6, 6.07) is 17.6. The van der Waals surface area contributed by atoms with Crippen molar-refractivity contribution in [2.75, 3.05) is 18.0 Å². The molecule has 0 aliphatic heterocycles. The Labute approximate surface area is 261 Å². The minimum absolute atomic E-state index is 0.0140. The average molecular weight is 677 g/mol. The maximum absolute atomic E-state index is 14.1. The Balaban J connectivity index is 1.69. The van der Waals surface area contributed by atoms with E-state index in [1.54, 1.807) is 61.5 Å². The van der Waals surface area contributed by atoms with E-state index in [2.05, 4.69) is 21.2 Å². The molecule has 0 spiro atoms. The number of halogens is 2. The number of carbonyl (C=O) groups is 2. The van der Waals surface area contributed by atoms with Gasteiger partial charge in [-0.15, -0.1) is 0 Å². The van der Waals surface area contributed by atoms with E-state index in [-0.39, 0.29) is 23.4 Å². The summed E-state index contributed by atoms with van der Waals surface area (Å²) < 4.78 is 34.9. The van der Waals surface area contributed by atoms with Crippen LogP contribution >= 0.6 is 27.5 Å². The number of nitrogens with zero attached hydrogens (tertiary/aromatic N) is 2. The molecule has 224 valence electrons. The highest BCUT2D eigenvalue weighted by Crippen LogP contribution is 2.31. The van der Waals surface area contributed by atoms with E-state index in [4.69, 9.17) is 16.3 Å². The van der Waals surface area contributed by atoms with Crippen molar-refractivity contribution in [2.45, 2.75) is 63.1 Å². The summed E-state index contributed by atoms with van der Waals surface area (Å²) >= 11 is 9.44. The number of benzene rings is 3. The van der Waals surface area contributed by atoms with Gasteiger partial charge in [-0.2, -0.15) is 0 Å². The molecule has 1 N–H and O–H groups in total. The maximum atomic E-state index is 14.1. The van der Waals surface area contributed by atoms with Gasteiger partial charge in [0.05, 0.1) is 22.2 Å². The number of aryl methyl sites for hydroxylation is 1. The number of sulfonamides is 1. The van der Waals surface area contributed by atoms with E-state index in [0.29, 0.717) is 20.9 Å². The standard InChI is InChI=1S/C31H35BrClN3O5S/c1-21-8-14-26(15-9-21)36(42(39,40)27-16-17-29(41-3)28(32)18-27)20-30(37)35(19-23-10-12-24(33)13-11-23)22(2)31(38)34-25-6-4-5-7-25/h8-18,22,25H,4-7,19-20H2,1-3H3,(H,34,38)/t22-/m0/s1. The quantitative estimate of drug-likeness (QED) is 0.265. The van der Waals surface area contributed by atoms with Gasteiger partial charge in [0.1, 0.15) is 18.3 Å². The first-order valence-electron chi connectivity index (χ1n) is 13.8. The minimum Gasteiger partial charge on any atom is -0.496 e. The van der Waals surface area contributed by atoms with Crippen molar-refractivity contribution < 1.29 is 22.7 Å². The molecule has 8 nitrogen and oxygen atoms in total. The molecule has 0 heterocycles. The molecule has 1 fully saturated rings. The van der Waals surface area contributed by atoms with E-state index >= 15 is 0 Å². The van der Waals surface area contributed by atoms with Crippen molar-refractivity contribution in [1.82, 2.24) is 10.2 Å². The van der Waals surface area contributed by atoms with Crippen LogP contribution in [0, 0.1) is 6.92 Å². The summed E-state index contributed by atoms with van der Waals surface area (Å²) in [4.78, 5) is 28.8. The van der Waals surface area contributed by atoms with Crippen molar-refractivity contribution in [3.63, 3.8) is 0 Å². The predicted molar refractivity (Wildman–Crippen MR) is 168 cm³/mol. The van der Waals surface area contributed by atoms with Crippen LogP contribution < -0.4 is 14.4 Å². The highest BCUT2D eigenvalue weighted by molar-refractivity contribution is 9.10. The molecular weight excluding hydrogens is 642 g/mol. The first kappa shape index (κ1) is 31.8. The second-order valence-electron chi connectivity index (χ2n) is 10.5. The topological polar surface area (TPSA) is 96.0 Å². The first-order chi connectivity index (χ1) is 20.0. The van der Waals surface area contributed by atoms with E-state index in [1.807, 2.05) is 6.92 Å². The third-order valence-electron chi connectivity index (χ3n) is 7.45. The van der Waals surface area contributed by atoms with Crippen LogP contribution in [-0.4, -0.2) is 50.9 Å². The summed E-state index contributed by atoms with van der Waals surface area (Å²) in [6.07, 6.45) is 3.91. The summed E-state index contributed by atoms with van der Waals surface area (Å²) in [5.74, 6) is -0.313. The molecule has 1 atom stereocenters. The van der Waals surface area contributed by atoms with Gasteiger partial charge in [0.2, 0.25) is 11.8 Å². The van der Waals surface area contributed by atoms with Crippen LogP contribution in [-0.2, 0) is 26.2 Å². The highest BCUT2D eigenvalue weighted by atomic mass is 79.9. The summed E-state index contributed by atoms with van der Waals surface area (Å²) in [5.41, 5.74) is 2.03. The van der Waals surface area contributed by atoms with Crippen LogP contribution in [0.4, 0.5) is 5.69 Å². The number of methoxy groups -OCH3 is 1. The van der Waals surface area contributed by atoms with Crippen LogP contribution in [0.1, 0.15) is 43.7 Å². The number of amides is 2. The van der Waals surface area contributed by atoms with E-state index in [1.165, 1.54) is 24.1 Å². The fourth-order valence-corrected chi connectivity index (χ4v) is 7.19. The van der Waals surface area contributed by atoms with Gasteiger partial charge in [-0.25, -0.2) is 8.42 Å². The third-order valence-corrected chi connectivity index (χ3v) is 10.1. The Morgan fingerprint density at radius 3 is 2.29 bits per heavy atom. The lowest BCUT2D eigenvalue weighted by atomic mass is 10.1. The van der Waals surface area contributed by atoms with E-state index in [0.717, 1.165) is 41.1 Å². The fourth-order valence-electron chi connectivity index (χ4n) is 4.94. The zero-order valence-corrected chi connectivity index (χ0v) is 27.0. The molecule has 1 aliphatic carbocycles. The second kappa shape index (κ2) is 13.9. The molecule has 1 saturated carbocycles. The first-order valence-corrected chi connectivity index (χ1v) is 16.4. The Morgan fingerprint density at radius 2 is 1.69 bits per heavy atom. The number of hydrogen-bond acceptors (Lipinski definition) is 5. The molecule has 3 aromatic rings. The summed E-state index contributed by atoms with van der Waals surface area (Å²) in [6.45, 7) is 3.16. The summed E-state index contributed by atoms with van der Waals surface area (Å²) in [7, 11) is -2.71. The van der Waals surface area contributed by atoms with Gasteiger partial charge < -0.3 is 15.0 Å². The zero-order valence-electron chi connectivity index (χ0n) is 23.8. The smallest absolute Gasteiger partial charge is 0.264 e. The molecule has 0 saturated heterocycles. The third kappa shape index (κ3) is 7.65. The molecule has 0 bridgehead atoms. The normalized spacial score (nSPS) is 14.3. The molecule has 2 amide bonds. The Kier molecular flexibility index (Phi) is 10.6.